The molecule has 2 rings (SSSR count). The van der Waals surface area contributed by atoms with Crippen LogP contribution in [-0.2, 0) is 16.0 Å². The van der Waals surface area contributed by atoms with Crippen molar-refractivity contribution >= 4 is 40.5 Å². The number of hydrogen-bond acceptors (Lipinski definition) is 3. The van der Waals surface area contributed by atoms with Crippen LogP contribution in [0, 0.1) is 0 Å². The van der Waals surface area contributed by atoms with Crippen LogP contribution in [0.3, 0.4) is 0 Å². The molecular formula is C14H12ClNO3S. The highest BCUT2D eigenvalue weighted by atomic mass is 35.5. The normalized spacial score (nSPS) is 10.2. The summed E-state index contributed by atoms with van der Waals surface area (Å²) in [6.07, 6.45) is 0.170. The van der Waals surface area contributed by atoms with Crippen LogP contribution in [0.25, 0.3) is 0 Å². The first kappa shape index (κ1) is 14.6. The topological polar surface area (TPSA) is 57.6 Å². The summed E-state index contributed by atoms with van der Waals surface area (Å²) in [5, 5.41) is 13.2. The predicted molar refractivity (Wildman–Crippen MR) is 79.5 cm³/mol. The molecule has 20 heavy (non-hydrogen) atoms. The van der Waals surface area contributed by atoms with Crippen molar-refractivity contribution in [1.82, 2.24) is 0 Å². The van der Waals surface area contributed by atoms with Crippen LogP contribution >= 0.6 is 22.9 Å². The molecule has 0 atom stereocenters. The first-order valence-electron chi connectivity index (χ1n) is 5.85. The predicted octanol–water partition coefficient (Wildman–Crippen LogP) is 3.06. The van der Waals surface area contributed by atoms with Gasteiger partial charge in [0.2, 0.25) is 5.91 Å². The zero-order chi connectivity index (χ0) is 14.5. The molecule has 0 aliphatic heterocycles. The van der Waals surface area contributed by atoms with E-state index < -0.39 is 5.97 Å². The van der Waals surface area contributed by atoms with Gasteiger partial charge in [-0.15, -0.1) is 0 Å². The molecule has 104 valence electrons. The highest BCUT2D eigenvalue weighted by Crippen LogP contribution is 2.20. The van der Waals surface area contributed by atoms with E-state index >= 15 is 0 Å². The first-order chi connectivity index (χ1) is 9.56. The summed E-state index contributed by atoms with van der Waals surface area (Å²) in [4.78, 5) is 24.5. The number of rotatable bonds is 5. The Hall–Kier alpha value is -1.85. The molecule has 2 aromatic rings. The number of benzene rings is 1. The van der Waals surface area contributed by atoms with E-state index in [-0.39, 0.29) is 18.9 Å². The summed E-state index contributed by atoms with van der Waals surface area (Å²) in [5.41, 5.74) is 1.36. The Balaban J connectivity index is 2.22. The Morgan fingerprint density at radius 1 is 1.30 bits per heavy atom. The molecule has 0 spiro atoms. The molecule has 1 heterocycles. The van der Waals surface area contributed by atoms with Gasteiger partial charge in [-0.2, -0.15) is 11.3 Å². The van der Waals surface area contributed by atoms with Gasteiger partial charge < -0.3 is 10.0 Å². The van der Waals surface area contributed by atoms with Crippen LogP contribution in [-0.4, -0.2) is 23.5 Å². The Bertz CT molecular complexity index is 613. The van der Waals surface area contributed by atoms with Gasteiger partial charge in [0, 0.05) is 10.7 Å². The number of halogens is 1. The third kappa shape index (κ3) is 3.82. The molecule has 0 saturated heterocycles. The van der Waals surface area contributed by atoms with Crippen molar-refractivity contribution < 1.29 is 14.7 Å². The third-order valence-corrected chi connectivity index (χ3v) is 3.62. The van der Waals surface area contributed by atoms with Crippen LogP contribution in [0.5, 0.6) is 0 Å². The third-order valence-electron chi connectivity index (χ3n) is 2.65. The lowest BCUT2D eigenvalue weighted by molar-refractivity contribution is -0.136. The monoisotopic (exact) mass is 309 g/mol. The maximum atomic E-state index is 12.3. The molecule has 0 radical (unpaired) electrons. The second-order valence-electron chi connectivity index (χ2n) is 4.16. The lowest BCUT2D eigenvalue weighted by atomic mass is 10.2. The van der Waals surface area contributed by atoms with Gasteiger partial charge >= 0.3 is 5.97 Å². The van der Waals surface area contributed by atoms with Crippen molar-refractivity contribution in [2.75, 3.05) is 11.4 Å². The first-order valence-corrected chi connectivity index (χ1v) is 7.17. The van der Waals surface area contributed by atoms with Gasteiger partial charge in [0.15, 0.2) is 0 Å². The number of hydrogen-bond donors (Lipinski definition) is 1. The lowest BCUT2D eigenvalue weighted by Gasteiger charge is -2.21. The van der Waals surface area contributed by atoms with E-state index in [1.54, 1.807) is 24.3 Å². The number of carbonyl (C=O) groups excluding carboxylic acids is 1. The number of anilines is 1. The van der Waals surface area contributed by atoms with Gasteiger partial charge in [-0.3, -0.25) is 9.59 Å². The Morgan fingerprint density at radius 2 is 2.10 bits per heavy atom. The molecule has 1 N–H and O–H groups in total. The minimum atomic E-state index is -1.07. The molecule has 0 unspecified atom stereocenters. The SMILES string of the molecule is O=C(O)CN(C(=O)Cc1ccsc1)c1cccc(Cl)c1. The summed E-state index contributed by atoms with van der Waals surface area (Å²) in [6.45, 7) is -0.386. The maximum Gasteiger partial charge on any atom is 0.323 e. The van der Waals surface area contributed by atoms with E-state index in [0.717, 1.165) is 5.56 Å². The number of amides is 1. The maximum absolute atomic E-state index is 12.3. The molecule has 1 aromatic carbocycles. The molecule has 0 saturated carbocycles. The quantitative estimate of drug-likeness (QED) is 0.923. The van der Waals surface area contributed by atoms with Crippen molar-refractivity contribution in [1.29, 1.82) is 0 Å². The fourth-order valence-electron chi connectivity index (χ4n) is 1.77. The average molecular weight is 310 g/mol. The van der Waals surface area contributed by atoms with Crippen LogP contribution in [0.15, 0.2) is 41.1 Å². The molecule has 0 bridgehead atoms. The minimum absolute atomic E-state index is 0.170. The number of carboxylic acids is 1. The van der Waals surface area contributed by atoms with Crippen molar-refractivity contribution in [3.63, 3.8) is 0 Å². The van der Waals surface area contributed by atoms with Crippen LogP contribution in [0.4, 0.5) is 5.69 Å². The number of aliphatic carboxylic acids is 1. The van der Waals surface area contributed by atoms with Gasteiger partial charge in [-0.1, -0.05) is 17.7 Å². The van der Waals surface area contributed by atoms with Crippen molar-refractivity contribution in [3.05, 3.63) is 51.7 Å². The Labute approximate surface area is 125 Å². The lowest BCUT2D eigenvalue weighted by Crippen LogP contribution is -2.36. The van der Waals surface area contributed by atoms with Gasteiger partial charge in [0.05, 0.1) is 6.42 Å². The van der Waals surface area contributed by atoms with Crippen LogP contribution in [0.1, 0.15) is 5.56 Å². The highest BCUT2D eigenvalue weighted by molar-refractivity contribution is 7.08. The summed E-state index contributed by atoms with van der Waals surface area (Å²) in [6, 6.07) is 8.45. The molecule has 4 nitrogen and oxygen atoms in total. The Morgan fingerprint density at radius 3 is 2.70 bits per heavy atom. The molecular weight excluding hydrogens is 298 g/mol. The summed E-state index contributed by atoms with van der Waals surface area (Å²) in [7, 11) is 0. The highest BCUT2D eigenvalue weighted by Gasteiger charge is 2.19. The second kappa shape index (κ2) is 6.54. The molecule has 1 amide bonds. The smallest absolute Gasteiger partial charge is 0.323 e. The van der Waals surface area contributed by atoms with Gasteiger partial charge in [0.1, 0.15) is 6.54 Å². The van der Waals surface area contributed by atoms with Crippen LogP contribution < -0.4 is 4.90 Å². The number of thiophene rings is 1. The molecule has 6 heteroatoms. The standard InChI is InChI=1S/C14H12ClNO3S/c15-11-2-1-3-12(7-11)16(8-14(18)19)13(17)6-10-4-5-20-9-10/h1-5,7,9H,6,8H2,(H,18,19). The average Bonchev–Trinajstić information content (AvgIpc) is 2.88. The van der Waals surface area contributed by atoms with Crippen molar-refractivity contribution in [2.45, 2.75) is 6.42 Å². The zero-order valence-corrected chi connectivity index (χ0v) is 12.0. The molecule has 0 aliphatic rings. The summed E-state index contributed by atoms with van der Waals surface area (Å²) < 4.78 is 0. The van der Waals surface area contributed by atoms with Gasteiger partial charge in [-0.05, 0) is 40.6 Å². The summed E-state index contributed by atoms with van der Waals surface area (Å²) in [5.74, 6) is -1.34. The van der Waals surface area contributed by atoms with E-state index in [9.17, 15) is 9.59 Å². The van der Waals surface area contributed by atoms with E-state index in [4.69, 9.17) is 16.7 Å². The number of carbonyl (C=O) groups is 2. The number of carboxylic acid groups (broad SMARTS) is 1. The number of nitrogens with zero attached hydrogens (tertiary/aromatic N) is 1. The van der Waals surface area contributed by atoms with Gasteiger partial charge in [-0.25, -0.2) is 0 Å². The molecule has 1 aromatic heterocycles. The van der Waals surface area contributed by atoms with Crippen LogP contribution in [0.2, 0.25) is 5.02 Å². The van der Waals surface area contributed by atoms with Crippen molar-refractivity contribution in [3.8, 4) is 0 Å². The van der Waals surface area contributed by atoms with E-state index in [2.05, 4.69) is 0 Å². The molecule has 0 fully saturated rings. The van der Waals surface area contributed by atoms with E-state index in [1.165, 1.54) is 16.2 Å². The van der Waals surface area contributed by atoms with E-state index in [1.807, 2.05) is 16.8 Å². The Kier molecular flexibility index (Phi) is 4.76. The zero-order valence-electron chi connectivity index (χ0n) is 10.5. The fourth-order valence-corrected chi connectivity index (χ4v) is 2.62. The second-order valence-corrected chi connectivity index (χ2v) is 5.38. The van der Waals surface area contributed by atoms with E-state index in [0.29, 0.717) is 10.7 Å². The summed E-state index contributed by atoms with van der Waals surface area (Å²) >= 11 is 7.39. The van der Waals surface area contributed by atoms with Gasteiger partial charge in [0.25, 0.3) is 0 Å². The largest absolute Gasteiger partial charge is 0.480 e. The molecule has 0 aliphatic carbocycles. The fraction of sp³-hybridized carbons (Fsp3) is 0.143. The minimum Gasteiger partial charge on any atom is -0.480 e. The van der Waals surface area contributed by atoms with Crippen molar-refractivity contribution in [2.24, 2.45) is 0 Å².